The molecule has 4 rings (SSSR count). The molecule has 174 valence electrons. The highest BCUT2D eigenvalue weighted by Gasteiger charge is 2.30. The zero-order valence-corrected chi connectivity index (χ0v) is 20.7. The molecule has 2 unspecified atom stereocenters. The second-order valence-electron chi connectivity index (χ2n) is 9.06. The maximum atomic E-state index is 11.5. The van der Waals surface area contributed by atoms with Crippen LogP contribution in [0.5, 0.6) is 0 Å². The van der Waals surface area contributed by atoms with Gasteiger partial charge in [-0.3, -0.25) is 14.8 Å². The SMILES string of the molecule is CC1=C(C2=CC(N3CCN(CCS(C)(=O)=O)CC3)N=CC2Cl)N(C)c2ccccc2CC1. The molecule has 0 N–H and O–H groups in total. The van der Waals surface area contributed by atoms with Gasteiger partial charge in [0.25, 0.3) is 0 Å². The quantitative estimate of drug-likeness (QED) is 0.611. The molecule has 3 aliphatic rings. The van der Waals surface area contributed by atoms with Crippen molar-refractivity contribution in [3.8, 4) is 0 Å². The normalized spacial score (nSPS) is 25.5. The molecule has 0 radical (unpaired) electrons. The molecule has 3 aliphatic heterocycles. The fourth-order valence-electron chi connectivity index (χ4n) is 4.83. The molecule has 0 aliphatic carbocycles. The lowest BCUT2D eigenvalue weighted by atomic mass is 9.98. The molecule has 32 heavy (non-hydrogen) atoms. The number of halogens is 1. The molecule has 3 heterocycles. The number of rotatable bonds is 5. The molecule has 1 saturated heterocycles. The lowest BCUT2D eigenvalue weighted by molar-refractivity contribution is 0.118. The summed E-state index contributed by atoms with van der Waals surface area (Å²) in [5.74, 6) is 0.216. The summed E-state index contributed by atoms with van der Waals surface area (Å²) in [6.07, 6.45) is 7.41. The smallest absolute Gasteiger partial charge is 0.148 e. The summed E-state index contributed by atoms with van der Waals surface area (Å²) >= 11 is 6.78. The van der Waals surface area contributed by atoms with Crippen LogP contribution >= 0.6 is 11.6 Å². The standard InChI is InChI=1S/C24H33ClN4O2S/c1-18-8-9-19-6-4-5-7-22(19)27(2)24(18)20-16-23(26-17-21(20)25)29-12-10-28(11-13-29)14-15-32(3,30)31/h4-7,16-17,21,23H,8-15H2,1-3H3. The number of allylic oxidation sites excluding steroid dienone is 2. The minimum absolute atomic E-state index is 0.0377. The third kappa shape index (κ3) is 5.28. The molecule has 1 fully saturated rings. The van der Waals surface area contributed by atoms with Crippen LogP contribution in [-0.4, -0.2) is 87.8 Å². The van der Waals surface area contributed by atoms with Crippen LogP contribution in [-0.2, 0) is 16.3 Å². The first kappa shape index (κ1) is 23.5. The van der Waals surface area contributed by atoms with Gasteiger partial charge in [-0.15, -0.1) is 11.6 Å². The van der Waals surface area contributed by atoms with Crippen molar-refractivity contribution in [1.82, 2.24) is 9.80 Å². The summed E-state index contributed by atoms with van der Waals surface area (Å²) < 4.78 is 22.9. The highest BCUT2D eigenvalue weighted by atomic mass is 35.5. The molecule has 0 spiro atoms. The number of fused-ring (bicyclic) bond motifs is 1. The van der Waals surface area contributed by atoms with Crippen molar-refractivity contribution in [2.45, 2.75) is 31.3 Å². The van der Waals surface area contributed by atoms with Crippen LogP contribution in [0, 0.1) is 0 Å². The minimum atomic E-state index is -2.93. The van der Waals surface area contributed by atoms with E-state index in [4.69, 9.17) is 16.6 Å². The fraction of sp³-hybridized carbons (Fsp3) is 0.542. The predicted octanol–water partition coefficient (Wildman–Crippen LogP) is 2.95. The summed E-state index contributed by atoms with van der Waals surface area (Å²) in [6.45, 7) is 6.23. The molecule has 1 aromatic carbocycles. The number of sulfone groups is 1. The van der Waals surface area contributed by atoms with E-state index >= 15 is 0 Å². The Hall–Kier alpha value is -1.67. The van der Waals surface area contributed by atoms with Crippen molar-refractivity contribution in [2.24, 2.45) is 4.99 Å². The topological polar surface area (TPSA) is 56.2 Å². The van der Waals surface area contributed by atoms with Crippen molar-refractivity contribution >= 4 is 33.3 Å². The number of dihydropyridines is 1. The first-order valence-corrected chi connectivity index (χ1v) is 13.8. The van der Waals surface area contributed by atoms with Crippen molar-refractivity contribution in [1.29, 1.82) is 0 Å². The number of anilines is 1. The number of hydrogen-bond acceptors (Lipinski definition) is 6. The van der Waals surface area contributed by atoms with E-state index in [9.17, 15) is 8.42 Å². The van der Waals surface area contributed by atoms with E-state index < -0.39 is 9.84 Å². The van der Waals surface area contributed by atoms with Gasteiger partial charge in [-0.2, -0.15) is 0 Å². The first-order valence-electron chi connectivity index (χ1n) is 11.3. The van der Waals surface area contributed by atoms with Crippen molar-refractivity contribution in [3.63, 3.8) is 0 Å². The number of piperazine rings is 1. The summed E-state index contributed by atoms with van der Waals surface area (Å²) in [4.78, 5) is 11.6. The van der Waals surface area contributed by atoms with Crippen molar-refractivity contribution in [2.75, 3.05) is 56.7 Å². The van der Waals surface area contributed by atoms with E-state index in [2.05, 4.69) is 59.0 Å². The van der Waals surface area contributed by atoms with Crippen LogP contribution in [0.25, 0.3) is 0 Å². The molecule has 1 aromatic rings. The van der Waals surface area contributed by atoms with E-state index in [0.717, 1.165) is 44.6 Å². The molecular weight excluding hydrogens is 444 g/mol. The summed E-state index contributed by atoms with van der Waals surface area (Å²) in [5.41, 5.74) is 6.28. The molecule has 2 atom stereocenters. The number of benzene rings is 1. The van der Waals surface area contributed by atoms with Gasteiger partial charge in [0.1, 0.15) is 16.0 Å². The van der Waals surface area contributed by atoms with Crippen LogP contribution in [0.3, 0.4) is 0 Å². The highest BCUT2D eigenvalue weighted by Crippen LogP contribution is 2.37. The van der Waals surface area contributed by atoms with Crippen LogP contribution in [0.15, 0.2) is 52.2 Å². The largest absolute Gasteiger partial charge is 0.344 e. The van der Waals surface area contributed by atoms with Gasteiger partial charge in [-0.05, 0) is 48.6 Å². The minimum Gasteiger partial charge on any atom is -0.344 e. The van der Waals surface area contributed by atoms with Crippen molar-refractivity contribution in [3.05, 3.63) is 52.7 Å². The number of nitrogens with zero attached hydrogens (tertiary/aromatic N) is 4. The average Bonchev–Trinajstić information content (AvgIpc) is 2.89. The maximum Gasteiger partial charge on any atom is 0.148 e. The van der Waals surface area contributed by atoms with Gasteiger partial charge in [-0.25, -0.2) is 8.42 Å². The summed E-state index contributed by atoms with van der Waals surface area (Å²) in [7, 11) is -0.797. The highest BCUT2D eigenvalue weighted by molar-refractivity contribution is 7.90. The molecule has 8 heteroatoms. The van der Waals surface area contributed by atoms with Crippen LogP contribution in [0.1, 0.15) is 18.9 Å². The molecular formula is C24H33ClN4O2S. The average molecular weight is 477 g/mol. The van der Waals surface area contributed by atoms with E-state index in [1.807, 2.05) is 6.21 Å². The van der Waals surface area contributed by atoms with Crippen LogP contribution < -0.4 is 4.90 Å². The zero-order valence-electron chi connectivity index (χ0n) is 19.2. The van der Waals surface area contributed by atoms with E-state index in [1.54, 1.807) is 0 Å². The Balaban J connectivity index is 1.51. The number of alkyl halides is 1. The molecule has 0 bridgehead atoms. The van der Waals surface area contributed by atoms with Gasteiger partial charge >= 0.3 is 0 Å². The van der Waals surface area contributed by atoms with Gasteiger partial charge in [-0.1, -0.05) is 18.2 Å². The Labute approximate surface area is 197 Å². The first-order chi connectivity index (χ1) is 15.2. The predicted molar refractivity (Wildman–Crippen MR) is 134 cm³/mol. The Bertz CT molecular complexity index is 1040. The fourth-order valence-corrected chi connectivity index (χ4v) is 5.66. The monoisotopic (exact) mass is 476 g/mol. The van der Waals surface area contributed by atoms with Gasteiger partial charge in [0, 0.05) is 63.6 Å². The molecule has 0 amide bonds. The summed E-state index contributed by atoms with van der Waals surface area (Å²) in [6, 6.07) is 8.59. The molecule has 0 saturated carbocycles. The Morgan fingerprint density at radius 2 is 1.84 bits per heavy atom. The van der Waals surface area contributed by atoms with Crippen LogP contribution in [0.4, 0.5) is 5.69 Å². The van der Waals surface area contributed by atoms with Gasteiger partial charge in [0.2, 0.25) is 0 Å². The number of para-hydroxylation sites is 1. The third-order valence-corrected chi connectivity index (χ3v) is 7.96. The third-order valence-electron chi connectivity index (χ3n) is 6.69. The Kier molecular flexibility index (Phi) is 7.10. The van der Waals surface area contributed by atoms with E-state index in [1.165, 1.54) is 28.8 Å². The van der Waals surface area contributed by atoms with Gasteiger partial charge in [0.15, 0.2) is 0 Å². The number of hydrogen-bond donors (Lipinski definition) is 0. The second kappa shape index (κ2) is 9.67. The lowest BCUT2D eigenvalue weighted by Gasteiger charge is -2.38. The Morgan fingerprint density at radius 3 is 2.56 bits per heavy atom. The van der Waals surface area contributed by atoms with E-state index in [-0.39, 0.29) is 17.3 Å². The molecule has 6 nitrogen and oxygen atoms in total. The van der Waals surface area contributed by atoms with Gasteiger partial charge in [0.05, 0.1) is 11.1 Å². The number of likely N-dealkylation sites (N-methyl/N-ethyl adjacent to an activating group) is 1. The number of aryl methyl sites for hydroxylation is 1. The number of aliphatic imine (C=N–C) groups is 1. The zero-order chi connectivity index (χ0) is 22.9. The summed E-state index contributed by atoms with van der Waals surface area (Å²) in [5, 5.41) is -0.250. The Morgan fingerprint density at radius 1 is 1.12 bits per heavy atom. The van der Waals surface area contributed by atoms with Gasteiger partial charge < -0.3 is 4.90 Å². The van der Waals surface area contributed by atoms with E-state index in [0.29, 0.717) is 6.54 Å². The lowest BCUT2D eigenvalue weighted by Crippen LogP contribution is -2.51. The maximum absolute atomic E-state index is 11.5. The van der Waals surface area contributed by atoms with Crippen molar-refractivity contribution < 1.29 is 8.42 Å². The molecule has 0 aromatic heterocycles. The van der Waals surface area contributed by atoms with Crippen LogP contribution in [0.2, 0.25) is 0 Å². The second-order valence-corrected chi connectivity index (χ2v) is 11.8.